The molecule has 6 heteroatoms. The minimum absolute atomic E-state index is 0.114. The van der Waals surface area contributed by atoms with Crippen molar-refractivity contribution in [3.63, 3.8) is 0 Å². The Morgan fingerprint density at radius 3 is 2.40 bits per heavy atom. The molecule has 0 spiro atoms. The van der Waals surface area contributed by atoms with Gasteiger partial charge in [-0.2, -0.15) is 0 Å². The van der Waals surface area contributed by atoms with Gasteiger partial charge in [0.25, 0.3) is 0 Å². The van der Waals surface area contributed by atoms with Crippen LogP contribution in [0.3, 0.4) is 0 Å². The lowest BCUT2D eigenvalue weighted by atomic mass is 9.87. The van der Waals surface area contributed by atoms with E-state index >= 15 is 0 Å². The Bertz CT molecular complexity index is 934. The normalized spacial score (nSPS) is 17.7. The van der Waals surface area contributed by atoms with Gasteiger partial charge in [0, 0.05) is 16.1 Å². The number of allylic oxidation sites excluding steroid dienone is 1. The van der Waals surface area contributed by atoms with Gasteiger partial charge >= 0.3 is 5.97 Å². The number of benzene rings is 2. The van der Waals surface area contributed by atoms with E-state index in [9.17, 15) is 18.4 Å². The second kappa shape index (κ2) is 6.52. The average molecular weight is 407 g/mol. The Morgan fingerprint density at radius 1 is 1.04 bits per heavy atom. The van der Waals surface area contributed by atoms with Crippen LogP contribution in [0.4, 0.5) is 8.78 Å². The van der Waals surface area contributed by atoms with Crippen molar-refractivity contribution in [3.8, 4) is 0 Å². The van der Waals surface area contributed by atoms with Crippen LogP contribution in [0.15, 0.2) is 46.4 Å². The summed E-state index contributed by atoms with van der Waals surface area (Å²) in [4.78, 5) is 25.2. The first-order chi connectivity index (χ1) is 11.8. The highest BCUT2D eigenvalue weighted by Gasteiger charge is 2.39. The second-order valence-electron chi connectivity index (χ2n) is 5.82. The van der Waals surface area contributed by atoms with Crippen LogP contribution in [0.5, 0.6) is 0 Å². The maximum absolute atomic E-state index is 14.0. The summed E-state index contributed by atoms with van der Waals surface area (Å²) < 4.78 is 33.0. The molecule has 0 bridgehead atoms. The van der Waals surface area contributed by atoms with Gasteiger partial charge in [-0.15, -0.1) is 0 Å². The Kier molecular flexibility index (Phi) is 4.56. The summed E-state index contributed by atoms with van der Waals surface area (Å²) in [5, 5.41) is 0. The van der Waals surface area contributed by atoms with E-state index in [1.807, 2.05) is 6.92 Å². The van der Waals surface area contributed by atoms with E-state index < -0.39 is 29.3 Å². The molecule has 0 fully saturated rings. The summed E-state index contributed by atoms with van der Waals surface area (Å²) in [7, 11) is 0. The molecule has 3 nitrogen and oxygen atoms in total. The van der Waals surface area contributed by atoms with Crippen LogP contribution in [-0.4, -0.2) is 11.8 Å². The maximum Gasteiger partial charge on any atom is 0.326 e. The number of ether oxygens (including phenoxy) is 1. The van der Waals surface area contributed by atoms with E-state index in [1.54, 1.807) is 18.2 Å². The van der Waals surface area contributed by atoms with Crippen LogP contribution in [0.25, 0.3) is 5.76 Å². The van der Waals surface area contributed by atoms with E-state index in [0.717, 1.165) is 17.7 Å². The number of cyclic esters (lactones) is 1. The van der Waals surface area contributed by atoms with E-state index in [2.05, 4.69) is 15.9 Å². The molecule has 1 aliphatic heterocycles. The number of carbonyl (C=O) groups is 2. The van der Waals surface area contributed by atoms with Crippen molar-refractivity contribution >= 4 is 33.4 Å². The van der Waals surface area contributed by atoms with E-state index in [0.29, 0.717) is 16.1 Å². The van der Waals surface area contributed by atoms with Crippen molar-refractivity contribution in [2.45, 2.75) is 19.8 Å². The number of hydrogen-bond acceptors (Lipinski definition) is 3. The van der Waals surface area contributed by atoms with Gasteiger partial charge in [0.15, 0.2) is 5.78 Å². The van der Waals surface area contributed by atoms with Gasteiger partial charge in [-0.1, -0.05) is 28.1 Å². The van der Waals surface area contributed by atoms with E-state index in [1.165, 1.54) is 6.92 Å². The average Bonchev–Trinajstić information content (AvgIpc) is 2.53. The summed E-state index contributed by atoms with van der Waals surface area (Å²) in [6.45, 7) is 3.35. The topological polar surface area (TPSA) is 43.4 Å². The molecule has 0 aliphatic carbocycles. The van der Waals surface area contributed by atoms with Crippen molar-refractivity contribution in [2.24, 2.45) is 0 Å². The number of esters is 1. The lowest BCUT2D eigenvalue weighted by Crippen LogP contribution is -2.30. The molecular weight excluding hydrogens is 394 g/mol. The Hall–Kier alpha value is -2.34. The number of ketones is 1. The van der Waals surface area contributed by atoms with Gasteiger partial charge in [0.2, 0.25) is 0 Å². The molecule has 0 aromatic heterocycles. The van der Waals surface area contributed by atoms with E-state index in [4.69, 9.17) is 4.74 Å². The van der Waals surface area contributed by atoms with Crippen molar-refractivity contribution < 1.29 is 23.1 Å². The molecule has 1 atom stereocenters. The molecule has 1 unspecified atom stereocenters. The summed E-state index contributed by atoms with van der Waals surface area (Å²) in [6.07, 6.45) is 0. The molecule has 1 heterocycles. The molecule has 128 valence electrons. The van der Waals surface area contributed by atoms with Crippen LogP contribution in [0.2, 0.25) is 0 Å². The highest BCUT2D eigenvalue weighted by atomic mass is 79.9. The second-order valence-corrected chi connectivity index (χ2v) is 6.68. The third-order valence-electron chi connectivity index (χ3n) is 4.05. The summed E-state index contributed by atoms with van der Waals surface area (Å²) in [5.74, 6) is -4.22. The Labute approximate surface area is 151 Å². The Balaban J connectivity index is 2.08. The largest absolute Gasteiger partial charge is 0.425 e. The number of Topliss-reactive ketones (excluding diaryl/α,β-unsaturated/α-hetero) is 1. The minimum atomic E-state index is -1.12. The first-order valence-corrected chi connectivity index (χ1v) is 8.27. The smallest absolute Gasteiger partial charge is 0.326 e. The third-order valence-corrected chi connectivity index (χ3v) is 4.74. The number of carbonyl (C=O) groups excluding carboxylic acids is 2. The quantitative estimate of drug-likeness (QED) is 0.537. The van der Waals surface area contributed by atoms with Crippen LogP contribution < -0.4 is 0 Å². The van der Waals surface area contributed by atoms with Gasteiger partial charge in [0.05, 0.1) is 5.56 Å². The summed E-state index contributed by atoms with van der Waals surface area (Å²) in [6, 6.07) is 8.13. The van der Waals surface area contributed by atoms with Gasteiger partial charge in [-0.25, -0.2) is 8.78 Å². The number of hydrogen-bond donors (Lipinski definition) is 0. The number of aryl methyl sites for hydroxylation is 1. The SMILES string of the molecule is CC1=C(c2ccc(F)cc2F)OC(=O)C(c2ccc(C)cc2Br)C1=O. The maximum atomic E-state index is 14.0. The molecule has 0 N–H and O–H groups in total. The van der Waals surface area contributed by atoms with Gasteiger partial charge in [-0.3, -0.25) is 9.59 Å². The zero-order valence-corrected chi connectivity index (χ0v) is 15.0. The molecule has 1 aliphatic rings. The predicted molar refractivity (Wildman–Crippen MR) is 91.7 cm³/mol. The van der Waals surface area contributed by atoms with Crippen LogP contribution >= 0.6 is 15.9 Å². The Morgan fingerprint density at radius 2 is 1.76 bits per heavy atom. The molecule has 0 saturated heterocycles. The molecule has 0 saturated carbocycles. The fraction of sp³-hybridized carbons (Fsp3) is 0.158. The molecule has 3 rings (SSSR count). The molecule has 2 aromatic carbocycles. The van der Waals surface area contributed by atoms with Crippen LogP contribution in [0, 0.1) is 18.6 Å². The highest BCUT2D eigenvalue weighted by Crippen LogP contribution is 2.37. The zero-order chi connectivity index (χ0) is 18.3. The van der Waals surface area contributed by atoms with Gasteiger partial charge < -0.3 is 4.74 Å². The summed E-state index contributed by atoms with van der Waals surface area (Å²) in [5.41, 5.74) is 1.44. The molecule has 0 radical (unpaired) electrons. The highest BCUT2D eigenvalue weighted by molar-refractivity contribution is 9.10. The lowest BCUT2D eigenvalue weighted by Gasteiger charge is -2.25. The third kappa shape index (κ3) is 3.14. The minimum Gasteiger partial charge on any atom is -0.425 e. The zero-order valence-electron chi connectivity index (χ0n) is 13.4. The predicted octanol–water partition coefficient (Wildman–Crippen LogP) is 4.68. The fourth-order valence-corrected chi connectivity index (χ4v) is 3.46. The molecule has 2 aromatic rings. The van der Waals surface area contributed by atoms with Crippen molar-refractivity contribution in [2.75, 3.05) is 0 Å². The fourth-order valence-electron chi connectivity index (χ4n) is 2.74. The molecule has 0 amide bonds. The van der Waals surface area contributed by atoms with Gasteiger partial charge in [0.1, 0.15) is 23.3 Å². The first-order valence-electron chi connectivity index (χ1n) is 7.48. The lowest BCUT2D eigenvalue weighted by molar-refractivity contribution is -0.143. The van der Waals surface area contributed by atoms with Gasteiger partial charge in [-0.05, 0) is 43.2 Å². The van der Waals surface area contributed by atoms with Crippen molar-refractivity contribution in [3.05, 3.63) is 74.8 Å². The first kappa shape index (κ1) is 17.5. The summed E-state index contributed by atoms with van der Waals surface area (Å²) >= 11 is 3.36. The molecule has 25 heavy (non-hydrogen) atoms. The standard InChI is InChI=1S/C19H13BrF2O3/c1-9-3-5-12(14(20)7-9)16-17(23)10(2)18(25-19(16)24)13-6-4-11(21)8-15(13)22/h3-8,16H,1-2H3. The number of rotatable bonds is 2. The van der Waals surface area contributed by atoms with E-state index in [-0.39, 0.29) is 16.9 Å². The number of halogens is 3. The monoisotopic (exact) mass is 406 g/mol. The van der Waals surface area contributed by atoms with Crippen molar-refractivity contribution in [1.82, 2.24) is 0 Å². The van der Waals surface area contributed by atoms with Crippen LogP contribution in [0.1, 0.15) is 29.5 Å². The van der Waals surface area contributed by atoms with Crippen LogP contribution in [-0.2, 0) is 14.3 Å². The molecular formula is C19H13BrF2O3. The van der Waals surface area contributed by atoms with Crippen molar-refractivity contribution in [1.29, 1.82) is 0 Å².